The Morgan fingerprint density at radius 2 is 2.12 bits per heavy atom. The van der Waals surface area contributed by atoms with Crippen LogP contribution in [0.4, 0.5) is 0 Å². The summed E-state index contributed by atoms with van der Waals surface area (Å²) in [6, 6.07) is 0. The molecule has 0 aliphatic rings. The molecule has 0 saturated heterocycles. The summed E-state index contributed by atoms with van der Waals surface area (Å²) in [6.45, 7) is 7.00. The standard InChI is InChI=1S/C6H10N2/c1-5(2)8-4-6(3)7/h4,7H,1H2,2-3H3. The summed E-state index contributed by atoms with van der Waals surface area (Å²) in [6.07, 6.45) is 1.47. The van der Waals surface area contributed by atoms with Crippen LogP contribution in [0, 0.1) is 5.41 Å². The Kier molecular flexibility index (Phi) is 2.77. The van der Waals surface area contributed by atoms with Crippen LogP contribution in [-0.4, -0.2) is 11.9 Å². The Hall–Kier alpha value is -0.920. The molecule has 2 nitrogen and oxygen atoms in total. The SMILES string of the molecule is C=C(C)N=CC(C)=N. The lowest BCUT2D eigenvalue weighted by atomic mass is 10.5. The molecule has 0 bridgehead atoms. The van der Waals surface area contributed by atoms with Crippen molar-refractivity contribution in [3.63, 3.8) is 0 Å². The fraction of sp³-hybridized carbons (Fsp3) is 0.333. The van der Waals surface area contributed by atoms with E-state index in [0.717, 1.165) is 5.70 Å². The van der Waals surface area contributed by atoms with Crippen molar-refractivity contribution in [1.82, 2.24) is 0 Å². The lowest BCUT2D eigenvalue weighted by Crippen LogP contribution is -1.87. The fourth-order valence-corrected chi connectivity index (χ4v) is 0.207. The minimum absolute atomic E-state index is 0.452. The van der Waals surface area contributed by atoms with E-state index in [-0.39, 0.29) is 0 Å². The van der Waals surface area contributed by atoms with Gasteiger partial charge in [0.25, 0.3) is 0 Å². The van der Waals surface area contributed by atoms with Gasteiger partial charge in [-0.2, -0.15) is 0 Å². The molecule has 0 aromatic carbocycles. The highest BCUT2D eigenvalue weighted by atomic mass is 14.7. The fourth-order valence-electron chi connectivity index (χ4n) is 0.207. The number of hydrogen-bond donors (Lipinski definition) is 1. The summed E-state index contributed by atoms with van der Waals surface area (Å²) in [7, 11) is 0. The minimum atomic E-state index is 0.452. The van der Waals surface area contributed by atoms with Gasteiger partial charge in [-0.1, -0.05) is 6.58 Å². The van der Waals surface area contributed by atoms with Gasteiger partial charge in [0.05, 0.1) is 0 Å². The van der Waals surface area contributed by atoms with Gasteiger partial charge in [-0.3, -0.25) is 4.99 Å². The third kappa shape index (κ3) is 5.08. The molecule has 0 atom stereocenters. The molecular formula is C6H10N2. The number of nitrogens with zero attached hydrogens (tertiary/aromatic N) is 1. The van der Waals surface area contributed by atoms with Crippen LogP contribution in [-0.2, 0) is 0 Å². The average molecular weight is 110 g/mol. The van der Waals surface area contributed by atoms with E-state index >= 15 is 0 Å². The molecule has 0 aromatic heterocycles. The molecule has 0 aliphatic carbocycles. The number of allylic oxidation sites excluding steroid dienone is 1. The first kappa shape index (κ1) is 7.08. The highest BCUT2D eigenvalue weighted by molar-refractivity contribution is 6.28. The van der Waals surface area contributed by atoms with E-state index in [4.69, 9.17) is 5.41 Å². The second-order valence-electron chi connectivity index (χ2n) is 1.68. The van der Waals surface area contributed by atoms with Gasteiger partial charge in [-0.15, -0.1) is 0 Å². The summed E-state index contributed by atoms with van der Waals surface area (Å²) < 4.78 is 0. The van der Waals surface area contributed by atoms with Gasteiger partial charge >= 0.3 is 0 Å². The van der Waals surface area contributed by atoms with Gasteiger partial charge < -0.3 is 5.41 Å². The number of nitrogens with one attached hydrogen (secondary N) is 1. The van der Waals surface area contributed by atoms with Crippen molar-refractivity contribution in [3.05, 3.63) is 12.3 Å². The summed E-state index contributed by atoms with van der Waals surface area (Å²) in [4.78, 5) is 3.78. The zero-order chi connectivity index (χ0) is 6.57. The molecule has 0 amide bonds. The zero-order valence-electron chi connectivity index (χ0n) is 5.23. The van der Waals surface area contributed by atoms with Crippen molar-refractivity contribution in [2.24, 2.45) is 4.99 Å². The average Bonchev–Trinajstić information content (AvgIpc) is 1.61. The van der Waals surface area contributed by atoms with Crippen LogP contribution in [0.2, 0.25) is 0 Å². The molecule has 0 rings (SSSR count). The van der Waals surface area contributed by atoms with Crippen molar-refractivity contribution in [2.45, 2.75) is 13.8 Å². The highest BCUT2D eigenvalue weighted by Crippen LogP contribution is 1.84. The van der Waals surface area contributed by atoms with E-state index in [1.807, 2.05) is 0 Å². The first-order valence-electron chi connectivity index (χ1n) is 2.37. The Balaban J connectivity index is 3.67. The van der Waals surface area contributed by atoms with Crippen LogP contribution in [0.1, 0.15) is 13.8 Å². The number of aliphatic imine (C=N–C) groups is 1. The third-order valence-corrected chi connectivity index (χ3v) is 0.479. The van der Waals surface area contributed by atoms with E-state index in [0.29, 0.717) is 5.71 Å². The summed E-state index contributed by atoms with van der Waals surface area (Å²) in [5.41, 5.74) is 1.18. The van der Waals surface area contributed by atoms with Gasteiger partial charge in [-0.05, 0) is 13.8 Å². The van der Waals surface area contributed by atoms with Crippen molar-refractivity contribution in [1.29, 1.82) is 5.41 Å². The van der Waals surface area contributed by atoms with Gasteiger partial charge in [0.2, 0.25) is 0 Å². The summed E-state index contributed by atoms with van der Waals surface area (Å²) >= 11 is 0. The van der Waals surface area contributed by atoms with Crippen LogP contribution in [0.5, 0.6) is 0 Å². The molecule has 0 unspecified atom stereocenters. The second-order valence-corrected chi connectivity index (χ2v) is 1.68. The third-order valence-electron chi connectivity index (χ3n) is 0.479. The van der Waals surface area contributed by atoms with E-state index < -0.39 is 0 Å². The zero-order valence-corrected chi connectivity index (χ0v) is 5.23. The maximum atomic E-state index is 6.90. The molecule has 0 spiro atoms. The molecule has 0 aromatic rings. The maximum Gasteiger partial charge on any atom is 0.0476 e. The maximum absolute atomic E-state index is 6.90. The van der Waals surface area contributed by atoms with E-state index in [9.17, 15) is 0 Å². The predicted molar refractivity (Wildman–Crippen MR) is 36.7 cm³/mol. The van der Waals surface area contributed by atoms with E-state index in [2.05, 4.69) is 11.6 Å². The van der Waals surface area contributed by atoms with Crippen LogP contribution < -0.4 is 0 Å². The second kappa shape index (κ2) is 3.13. The smallest absolute Gasteiger partial charge is 0.0476 e. The largest absolute Gasteiger partial charge is 0.304 e. The van der Waals surface area contributed by atoms with Gasteiger partial charge in [0, 0.05) is 17.6 Å². The number of hydrogen-bond acceptors (Lipinski definition) is 2. The molecule has 0 fully saturated rings. The summed E-state index contributed by atoms with van der Waals surface area (Å²) in [5, 5.41) is 6.90. The van der Waals surface area contributed by atoms with Crippen molar-refractivity contribution in [3.8, 4) is 0 Å². The molecule has 0 aliphatic heterocycles. The Morgan fingerprint density at radius 1 is 1.62 bits per heavy atom. The van der Waals surface area contributed by atoms with Gasteiger partial charge in [0.1, 0.15) is 0 Å². The molecule has 8 heavy (non-hydrogen) atoms. The Bertz CT molecular complexity index is 117. The van der Waals surface area contributed by atoms with Crippen LogP contribution in [0.15, 0.2) is 17.3 Å². The molecule has 44 valence electrons. The molecule has 1 N–H and O–H groups in total. The topological polar surface area (TPSA) is 36.2 Å². The van der Waals surface area contributed by atoms with Gasteiger partial charge in [-0.25, -0.2) is 0 Å². The molecule has 2 heteroatoms. The van der Waals surface area contributed by atoms with Crippen molar-refractivity contribution >= 4 is 11.9 Å². The summed E-state index contributed by atoms with van der Waals surface area (Å²) in [5.74, 6) is 0. The van der Waals surface area contributed by atoms with E-state index in [1.165, 1.54) is 6.21 Å². The van der Waals surface area contributed by atoms with Crippen LogP contribution in [0.3, 0.4) is 0 Å². The number of rotatable bonds is 2. The first-order valence-corrected chi connectivity index (χ1v) is 2.37. The van der Waals surface area contributed by atoms with Gasteiger partial charge in [0.15, 0.2) is 0 Å². The highest BCUT2D eigenvalue weighted by Gasteiger charge is 1.75. The normalized spacial score (nSPS) is 9.75. The van der Waals surface area contributed by atoms with Crippen molar-refractivity contribution < 1.29 is 0 Å². The molecule has 0 radical (unpaired) electrons. The predicted octanol–water partition coefficient (Wildman–Crippen LogP) is 1.63. The Labute approximate surface area is 49.5 Å². The van der Waals surface area contributed by atoms with Crippen molar-refractivity contribution in [2.75, 3.05) is 0 Å². The lowest BCUT2D eigenvalue weighted by Gasteiger charge is -1.82. The first-order chi connectivity index (χ1) is 3.63. The minimum Gasteiger partial charge on any atom is -0.304 e. The molecule has 0 saturated carbocycles. The quantitative estimate of drug-likeness (QED) is 0.524. The lowest BCUT2D eigenvalue weighted by molar-refractivity contribution is 1.34. The van der Waals surface area contributed by atoms with E-state index in [1.54, 1.807) is 13.8 Å². The Morgan fingerprint density at radius 3 is 2.25 bits per heavy atom. The van der Waals surface area contributed by atoms with Crippen LogP contribution >= 0.6 is 0 Å². The monoisotopic (exact) mass is 110 g/mol. The molecule has 0 heterocycles. The van der Waals surface area contributed by atoms with Crippen LogP contribution in [0.25, 0.3) is 0 Å². The molecular weight excluding hydrogens is 100 g/mol.